The first-order valence-corrected chi connectivity index (χ1v) is 42.3. The van der Waals surface area contributed by atoms with E-state index in [0.717, 1.165) is 36.4 Å². The summed E-state index contributed by atoms with van der Waals surface area (Å²) in [5.74, 6) is -6.29. The highest BCUT2D eigenvalue weighted by molar-refractivity contribution is 7.88. The van der Waals surface area contributed by atoms with Crippen molar-refractivity contribution in [3.8, 4) is 28.7 Å². The molecule has 0 aliphatic carbocycles. The molecule has 0 saturated heterocycles. The number of azo groups is 5. The van der Waals surface area contributed by atoms with Gasteiger partial charge >= 0.3 is 0 Å². The first kappa shape index (κ1) is 83.2. The summed E-state index contributed by atoms with van der Waals surface area (Å²) in [4.78, 5) is 1.71. The van der Waals surface area contributed by atoms with E-state index in [2.05, 4.69) is 51.1 Å². The lowest BCUT2D eigenvalue weighted by Crippen LogP contribution is -2.08. The summed E-state index contributed by atoms with van der Waals surface area (Å²) in [6.07, 6.45) is -0.783. The molecule has 0 bridgehead atoms. The van der Waals surface area contributed by atoms with E-state index < -0.39 is 262 Å². The van der Waals surface area contributed by atoms with Crippen molar-refractivity contribution in [1.29, 1.82) is 0 Å². The Labute approximate surface area is 617 Å². The zero-order valence-electron chi connectivity index (χ0n) is 54.1. The molecule has 9 rings (SSSR count). The van der Waals surface area contributed by atoms with Gasteiger partial charge in [0.05, 0.1) is 68.1 Å². The molecule has 0 atom stereocenters. The van der Waals surface area contributed by atoms with Gasteiger partial charge in [0.1, 0.15) is 80.7 Å². The summed E-state index contributed by atoms with van der Waals surface area (Å²) in [5.41, 5.74) is -2.85. The van der Waals surface area contributed by atoms with E-state index in [-0.39, 0.29) is 52.6 Å². The molecule has 0 saturated carbocycles. The fourth-order valence-electron chi connectivity index (χ4n) is 9.98. The van der Waals surface area contributed by atoms with Crippen molar-refractivity contribution in [1.82, 2.24) is 0 Å². The molecule has 0 radical (unpaired) electrons. The van der Waals surface area contributed by atoms with Gasteiger partial charge in [-0.1, -0.05) is 0 Å². The number of nitrogens with zero attached hydrogens (tertiary/aromatic N) is 11. The molecule has 0 spiro atoms. The van der Waals surface area contributed by atoms with Crippen LogP contribution in [0.15, 0.2) is 189 Å². The first-order chi connectivity index (χ1) is 50.6. The maximum absolute atomic E-state index is 13.3. The number of ether oxygens (including phenoxy) is 2. The van der Waals surface area contributed by atoms with E-state index in [1.165, 1.54) is 19.1 Å². The zero-order chi connectivity index (χ0) is 81.7. The van der Waals surface area contributed by atoms with Gasteiger partial charge in [-0.3, -0.25) is 51.1 Å². The monoisotopic (exact) mass is 1710 g/mol. The Bertz CT molecular complexity index is 6730. The predicted octanol–water partition coefficient (Wildman–Crippen LogP) is 10.2. The standard InChI is InChI=1S/C55H46N12O34S9/c1-25-16-38(43(101-13-3-15-103(76,77)78)23-37(25)62-59-34-7-4-26(17-42(34)100-12-2-14-102(73,74)75)57-60-35-10-11-44(106(85,86)87)31-18-28(105(82,83)84)20-41(68)48(31)35)63-65-51-46(108(91,92)93)21-30-29(53(51)69)6-9-36(55(30)110(97,98)99)61-64-39-24-45(107(88,89)90)32-22-47(109(94,95)96)52(54(70)49(32)50(39)56)66-58-33-8-5-27(104(79,80)81)19-40(33)67(71)72/h4-11,16-24,68-70H,2-3,12-15,56H2,1H3,(H,73,74,75)(H,76,77,78)(H,79,80,81)(H,82,83,84)(H,85,86,87)(H,88,89,90)(H,91,92,93)(H,94,95,96)(H,97,98,99)/b60-57-,62-59-,64-61?,65-63-,66-58-. The summed E-state index contributed by atoms with van der Waals surface area (Å²) >= 11 is 0. The molecule has 9 aromatic carbocycles. The number of rotatable bonds is 28. The van der Waals surface area contributed by atoms with Gasteiger partial charge in [-0.05, 0) is 104 Å². The minimum absolute atomic E-state index is 0.0567. The second-order valence-electron chi connectivity index (χ2n) is 22.3. The van der Waals surface area contributed by atoms with Crippen LogP contribution in [0.2, 0.25) is 0 Å². The lowest BCUT2D eigenvalue weighted by atomic mass is 10.0. The number of aromatic hydroxyl groups is 3. The Morgan fingerprint density at radius 3 is 1.41 bits per heavy atom. The smallest absolute Gasteiger partial charge is 0.298 e. The number of anilines is 1. The number of aryl methyl sites for hydroxylation is 1. The normalized spacial score (nSPS) is 13.4. The number of nitrogens with two attached hydrogens (primary N) is 1. The van der Waals surface area contributed by atoms with E-state index in [1.54, 1.807) is 0 Å². The molecular weight excluding hydrogens is 1660 g/mol. The molecule has 46 nitrogen and oxygen atoms in total. The molecule has 0 aromatic heterocycles. The highest BCUT2D eigenvalue weighted by Gasteiger charge is 2.32. The van der Waals surface area contributed by atoms with Crippen LogP contribution in [0.4, 0.5) is 68.2 Å². The molecule has 0 amide bonds. The number of nitro benzene ring substituents is 1. The number of hydrogen-bond acceptors (Lipinski definition) is 36. The Hall–Kier alpha value is -10.9. The first-order valence-electron chi connectivity index (χ1n) is 29.0. The molecule has 14 N–H and O–H groups in total. The fraction of sp³-hybridized carbons (Fsp3) is 0.127. The van der Waals surface area contributed by atoms with E-state index in [1.807, 2.05) is 0 Å². The highest BCUT2D eigenvalue weighted by Crippen LogP contribution is 2.51. The predicted molar refractivity (Wildman–Crippen MR) is 375 cm³/mol. The van der Waals surface area contributed by atoms with Crippen LogP contribution in [-0.4, -0.2) is 162 Å². The molecule has 0 heterocycles. The van der Waals surface area contributed by atoms with Crippen LogP contribution in [0.25, 0.3) is 32.3 Å². The minimum atomic E-state index is -5.83. The van der Waals surface area contributed by atoms with Crippen molar-refractivity contribution >= 4 is 192 Å². The van der Waals surface area contributed by atoms with Crippen molar-refractivity contribution in [2.75, 3.05) is 30.5 Å². The third-order valence-corrected chi connectivity index (χ3v) is 22.5. The molecule has 0 aliphatic heterocycles. The number of phenols is 3. The van der Waals surface area contributed by atoms with E-state index >= 15 is 0 Å². The number of benzene rings is 9. The minimum Gasteiger partial charge on any atom is -0.507 e. The lowest BCUT2D eigenvalue weighted by Gasteiger charge is -2.15. The van der Waals surface area contributed by atoms with Crippen molar-refractivity contribution < 1.29 is 146 Å². The largest absolute Gasteiger partial charge is 0.507 e. The van der Waals surface area contributed by atoms with Crippen molar-refractivity contribution in [3.63, 3.8) is 0 Å². The second-order valence-corrected chi connectivity index (χ2v) is 35.2. The quantitative estimate of drug-likeness (QED) is 0.00541. The van der Waals surface area contributed by atoms with Gasteiger partial charge in [0.25, 0.3) is 96.8 Å². The Balaban J connectivity index is 1.13. The van der Waals surface area contributed by atoms with Crippen LogP contribution in [0.5, 0.6) is 28.7 Å². The molecule has 584 valence electrons. The van der Waals surface area contributed by atoms with Crippen molar-refractivity contribution in [2.24, 2.45) is 51.1 Å². The number of nitro groups is 1. The van der Waals surface area contributed by atoms with E-state index in [9.17, 15) is 142 Å². The molecule has 0 aliphatic rings. The third-order valence-electron chi connectivity index (χ3n) is 14.7. The summed E-state index contributed by atoms with van der Waals surface area (Å²) < 4.78 is 324. The summed E-state index contributed by atoms with van der Waals surface area (Å²) in [7, 11) is -47.5. The van der Waals surface area contributed by atoms with Crippen LogP contribution >= 0.6 is 0 Å². The zero-order valence-corrected chi connectivity index (χ0v) is 61.4. The Morgan fingerprint density at radius 1 is 0.391 bits per heavy atom. The average molecular weight is 1710 g/mol. The average Bonchev–Trinajstić information content (AvgIpc) is 0.741. The van der Waals surface area contributed by atoms with Gasteiger partial charge in [-0.2, -0.15) is 86.0 Å². The van der Waals surface area contributed by atoms with Gasteiger partial charge in [0.15, 0.2) is 17.2 Å². The Kier molecular flexibility index (Phi) is 23.1. The highest BCUT2D eigenvalue weighted by atomic mass is 32.3. The van der Waals surface area contributed by atoms with Crippen LogP contribution in [-0.2, 0) is 91.1 Å². The van der Waals surface area contributed by atoms with Crippen molar-refractivity contribution in [3.05, 3.63) is 119 Å². The third kappa shape index (κ3) is 19.2. The SMILES string of the molecule is Cc1cc(/N=N\c2c(S(=O)(=O)O)cc3c(S(=O)(=O)O)c(N=Nc4cc(S(=O)(=O)O)c5cc(S(=O)(=O)O)c(/N=N\c6ccc(S(=O)(=O)O)cc6[N+](=O)[O-])c(O)c5c4N)ccc3c2O)c(OCCCS(=O)(=O)O)cc1/N=N\c1ccc(/N=N\c2ccc(S(=O)(=O)O)c3cc(S(=O)(=O)O)cc(O)c23)cc1OCCCS(=O)(=O)O. The molecule has 0 unspecified atom stereocenters. The fourth-order valence-corrected chi connectivity index (χ4v) is 15.5. The van der Waals surface area contributed by atoms with Gasteiger partial charge < -0.3 is 30.5 Å². The number of phenolic OH excluding ortho intramolecular Hbond substituents is 3. The van der Waals surface area contributed by atoms with Crippen molar-refractivity contribution in [2.45, 2.75) is 54.0 Å². The molecular formula is C55H46N12O34S9. The van der Waals surface area contributed by atoms with Gasteiger partial charge in [0, 0.05) is 45.8 Å². The lowest BCUT2D eigenvalue weighted by molar-refractivity contribution is -0.384. The van der Waals surface area contributed by atoms with E-state index in [4.69, 9.17) is 15.2 Å². The van der Waals surface area contributed by atoms with Gasteiger partial charge in [-0.25, -0.2) is 0 Å². The van der Waals surface area contributed by atoms with Gasteiger partial charge in [-0.15, -0.1) is 40.9 Å². The number of fused-ring (bicyclic) bond motifs is 3. The maximum atomic E-state index is 13.3. The Morgan fingerprint density at radius 2 is 0.864 bits per heavy atom. The van der Waals surface area contributed by atoms with Crippen LogP contribution in [0.1, 0.15) is 18.4 Å². The topological polar surface area (TPSA) is 761 Å². The van der Waals surface area contributed by atoms with E-state index in [0.29, 0.717) is 42.5 Å². The molecule has 55 heteroatoms. The van der Waals surface area contributed by atoms with Gasteiger partial charge in [0.2, 0.25) is 0 Å². The van der Waals surface area contributed by atoms with Crippen LogP contribution in [0, 0.1) is 17.0 Å². The number of nitrogen functional groups attached to an aromatic ring is 1. The molecule has 110 heavy (non-hydrogen) atoms. The maximum Gasteiger partial charge on any atom is 0.298 e. The summed E-state index contributed by atoms with van der Waals surface area (Å²) in [5, 5.41) is 79.4. The summed E-state index contributed by atoms with van der Waals surface area (Å²) in [6.45, 7) is 0.313. The second kappa shape index (κ2) is 30.5. The molecule has 9 aromatic rings. The van der Waals surface area contributed by atoms with Crippen LogP contribution < -0.4 is 15.2 Å². The van der Waals surface area contributed by atoms with Crippen LogP contribution in [0.3, 0.4) is 0 Å². The molecule has 0 fully saturated rings. The number of hydrogen-bond donors (Lipinski definition) is 13. The summed E-state index contributed by atoms with van der Waals surface area (Å²) in [6, 6.07) is 12.3.